The third-order valence-electron chi connectivity index (χ3n) is 2.58. The Kier molecular flexibility index (Phi) is 5.45. The van der Waals surface area contributed by atoms with Crippen LogP contribution in [0.4, 0.5) is 4.39 Å². The molecule has 2 N–H and O–H groups in total. The second kappa shape index (κ2) is 6.88. The van der Waals surface area contributed by atoms with Crippen LogP contribution in [0, 0.1) is 5.82 Å². The monoisotopic (exact) mass is 403 g/mol. The molecule has 100 valence electrons. The quantitative estimate of drug-likeness (QED) is 0.713. The number of halogens is 3. The molecule has 0 bridgehead atoms. The van der Waals surface area contributed by atoms with Gasteiger partial charge < -0.3 is 5.73 Å². The fourth-order valence-electron chi connectivity index (χ4n) is 1.63. The second-order valence-electron chi connectivity index (χ2n) is 4.04. The second-order valence-corrected chi connectivity index (χ2v) is 6.97. The molecular weight excluding hydrogens is 393 g/mol. The van der Waals surface area contributed by atoms with Crippen LogP contribution < -0.4 is 5.73 Å². The van der Waals surface area contributed by atoms with E-state index >= 15 is 0 Å². The first-order valence-electron chi connectivity index (χ1n) is 5.65. The molecule has 0 spiro atoms. The van der Waals surface area contributed by atoms with Gasteiger partial charge in [0.05, 0.1) is 0 Å². The Hall–Kier alpha value is -0.360. The lowest BCUT2D eigenvalue weighted by Gasteiger charge is -2.13. The third-order valence-corrected chi connectivity index (χ3v) is 4.68. The topological polar surface area (TPSA) is 26.0 Å². The summed E-state index contributed by atoms with van der Waals surface area (Å²) in [6.07, 6.45) is 0. The predicted octanol–water partition coefficient (Wildman–Crippen LogP) is 5.14. The molecule has 0 aliphatic heterocycles. The first-order chi connectivity index (χ1) is 9.06. The zero-order valence-electron chi connectivity index (χ0n) is 9.95. The molecule has 5 heteroatoms. The van der Waals surface area contributed by atoms with E-state index in [0.29, 0.717) is 11.3 Å². The van der Waals surface area contributed by atoms with Crippen molar-refractivity contribution in [1.82, 2.24) is 0 Å². The summed E-state index contributed by atoms with van der Waals surface area (Å²) < 4.78 is 15.6. The lowest BCUT2D eigenvalue weighted by molar-refractivity contribution is 0.595. The maximum Gasteiger partial charge on any atom is 0.128 e. The van der Waals surface area contributed by atoms with E-state index in [1.807, 2.05) is 24.3 Å². The molecule has 19 heavy (non-hydrogen) atoms. The summed E-state index contributed by atoms with van der Waals surface area (Å²) in [7, 11) is 0. The van der Waals surface area contributed by atoms with Gasteiger partial charge in [0.25, 0.3) is 0 Å². The van der Waals surface area contributed by atoms with Crippen molar-refractivity contribution in [2.75, 3.05) is 5.75 Å². The number of hydrogen-bond acceptors (Lipinski definition) is 2. The summed E-state index contributed by atoms with van der Waals surface area (Å²) in [5.74, 6) is 0.370. The Morgan fingerprint density at radius 3 is 2.58 bits per heavy atom. The predicted molar refractivity (Wildman–Crippen MR) is 85.9 cm³/mol. The van der Waals surface area contributed by atoms with Gasteiger partial charge in [-0.15, -0.1) is 11.8 Å². The highest BCUT2D eigenvalue weighted by atomic mass is 79.9. The third kappa shape index (κ3) is 4.31. The van der Waals surface area contributed by atoms with E-state index in [-0.39, 0.29) is 11.9 Å². The number of rotatable bonds is 4. The summed E-state index contributed by atoms with van der Waals surface area (Å²) in [5, 5.41) is 0. The van der Waals surface area contributed by atoms with Gasteiger partial charge in [0.1, 0.15) is 5.82 Å². The molecule has 2 aromatic carbocycles. The molecular formula is C14H12Br2FNS. The zero-order valence-corrected chi connectivity index (χ0v) is 13.9. The lowest BCUT2D eigenvalue weighted by atomic mass is 10.1. The first kappa shape index (κ1) is 15.0. The van der Waals surface area contributed by atoms with Crippen molar-refractivity contribution in [3.63, 3.8) is 0 Å². The van der Waals surface area contributed by atoms with Crippen molar-refractivity contribution in [3.8, 4) is 0 Å². The highest BCUT2D eigenvalue weighted by molar-refractivity contribution is 9.10. The normalized spacial score (nSPS) is 12.4. The van der Waals surface area contributed by atoms with Gasteiger partial charge in [0.2, 0.25) is 0 Å². The largest absolute Gasteiger partial charge is 0.323 e. The van der Waals surface area contributed by atoms with Gasteiger partial charge in [-0.1, -0.05) is 37.9 Å². The van der Waals surface area contributed by atoms with Gasteiger partial charge in [-0.2, -0.15) is 0 Å². The minimum atomic E-state index is -0.332. The van der Waals surface area contributed by atoms with Crippen molar-refractivity contribution in [2.24, 2.45) is 5.73 Å². The zero-order chi connectivity index (χ0) is 13.8. The number of benzene rings is 2. The Balaban J connectivity index is 2.05. The molecule has 2 rings (SSSR count). The molecule has 0 aliphatic rings. The van der Waals surface area contributed by atoms with E-state index < -0.39 is 0 Å². The maximum absolute atomic E-state index is 13.7. The Morgan fingerprint density at radius 1 is 1.11 bits per heavy atom. The number of hydrogen-bond donors (Lipinski definition) is 1. The molecule has 0 aromatic heterocycles. The lowest BCUT2D eigenvalue weighted by Crippen LogP contribution is -2.14. The Bertz CT molecular complexity index is 577. The summed E-state index contributed by atoms with van der Waals surface area (Å²) in [4.78, 5) is 1.11. The Morgan fingerprint density at radius 2 is 1.84 bits per heavy atom. The molecule has 0 amide bonds. The molecule has 0 saturated heterocycles. The van der Waals surface area contributed by atoms with Crippen LogP contribution in [0.3, 0.4) is 0 Å². The fraction of sp³-hybridized carbons (Fsp3) is 0.143. The molecule has 0 fully saturated rings. The van der Waals surface area contributed by atoms with Crippen molar-refractivity contribution < 1.29 is 4.39 Å². The standard InChI is InChI=1S/C14H12Br2FNS/c15-9-2-1-3-11(6-9)19-8-14(18)12-7-10(16)4-5-13(12)17/h1-7,14H,8,18H2. The van der Waals surface area contributed by atoms with Crippen LogP contribution in [0.25, 0.3) is 0 Å². The fourth-order valence-corrected chi connectivity index (χ4v) is 3.50. The minimum Gasteiger partial charge on any atom is -0.323 e. The van der Waals surface area contributed by atoms with Crippen LogP contribution in [0.2, 0.25) is 0 Å². The maximum atomic E-state index is 13.7. The molecule has 0 aliphatic carbocycles. The van der Waals surface area contributed by atoms with E-state index in [0.717, 1.165) is 13.8 Å². The van der Waals surface area contributed by atoms with Crippen LogP contribution >= 0.6 is 43.6 Å². The van der Waals surface area contributed by atoms with Crippen molar-refractivity contribution in [1.29, 1.82) is 0 Å². The van der Waals surface area contributed by atoms with Crippen molar-refractivity contribution >= 4 is 43.6 Å². The van der Waals surface area contributed by atoms with Crippen LogP contribution in [-0.2, 0) is 0 Å². The molecule has 1 atom stereocenters. The van der Waals surface area contributed by atoms with Gasteiger partial charge in [0, 0.05) is 31.2 Å². The smallest absolute Gasteiger partial charge is 0.128 e. The van der Waals surface area contributed by atoms with Crippen molar-refractivity contribution in [2.45, 2.75) is 10.9 Å². The molecule has 0 heterocycles. The highest BCUT2D eigenvalue weighted by Crippen LogP contribution is 2.27. The van der Waals surface area contributed by atoms with Crippen LogP contribution in [-0.4, -0.2) is 5.75 Å². The van der Waals surface area contributed by atoms with Crippen LogP contribution in [0.1, 0.15) is 11.6 Å². The summed E-state index contributed by atoms with van der Waals surface area (Å²) in [5.41, 5.74) is 6.60. The van der Waals surface area contributed by atoms with Gasteiger partial charge in [-0.3, -0.25) is 0 Å². The Labute approximate surface area is 133 Å². The van der Waals surface area contributed by atoms with E-state index in [9.17, 15) is 4.39 Å². The van der Waals surface area contributed by atoms with Crippen LogP contribution in [0.15, 0.2) is 56.3 Å². The molecule has 1 nitrogen and oxygen atoms in total. The average Bonchev–Trinajstić information content (AvgIpc) is 2.39. The first-order valence-corrected chi connectivity index (χ1v) is 8.22. The molecule has 2 aromatic rings. The van der Waals surface area contributed by atoms with Gasteiger partial charge in [-0.05, 0) is 36.4 Å². The number of thioether (sulfide) groups is 1. The average molecular weight is 405 g/mol. The summed E-state index contributed by atoms with van der Waals surface area (Å²) in [6, 6.07) is 12.5. The summed E-state index contributed by atoms with van der Waals surface area (Å²) >= 11 is 8.37. The van der Waals surface area contributed by atoms with E-state index in [4.69, 9.17) is 5.73 Å². The van der Waals surface area contributed by atoms with Gasteiger partial charge in [0.15, 0.2) is 0 Å². The van der Waals surface area contributed by atoms with Gasteiger partial charge in [-0.25, -0.2) is 4.39 Å². The van der Waals surface area contributed by atoms with E-state index in [1.54, 1.807) is 23.9 Å². The van der Waals surface area contributed by atoms with Crippen LogP contribution in [0.5, 0.6) is 0 Å². The van der Waals surface area contributed by atoms with E-state index in [1.165, 1.54) is 6.07 Å². The van der Waals surface area contributed by atoms with Gasteiger partial charge >= 0.3 is 0 Å². The SMILES string of the molecule is NC(CSc1cccc(Br)c1)c1cc(Br)ccc1F. The molecule has 0 saturated carbocycles. The molecule has 0 radical (unpaired) electrons. The molecule has 1 unspecified atom stereocenters. The van der Waals surface area contributed by atoms with E-state index in [2.05, 4.69) is 31.9 Å². The summed E-state index contributed by atoms with van der Waals surface area (Å²) in [6.45, 7) is 0. The highest BCUT2D eigenvalue weighted by Gasteiger charge is 2.12. The number of nitrogens with two attached hydrogens (primary N) is 1. The van der Waals surface area contributed by atoms with Crippen molar-refractivity contribution in [3.05, 3.63) is 62.8 Å². The minimum absolute atomic E-state index is 0.259.